The van der Waals surface area contributed by atoms with Crippen molar-refractivity contribution in [2.75, 3.05) is 18.5 Å². The van der Waals surface area contributed by atoms with Crippen LogP contribution in [0.4, 0.5) is 5.69 Å². The quantitative estimate of drug-likeness (QED) is 0.716. The summed E-state index contributed by atoms with van der Waals surface area (Å²) in [7, 11) is 0. The molecule has 0 aliphatic rings. The van der Waals surface area contributed by atoms with Gasteiger partial charge < -0.3 is 15.5 Å². The summed E-state index contributed by atoms with van der Waals surface area (Å²) in [5.74, 6) is -0.00922. The van der Waals surface area contributed by atoms with Gasteiger partial charge in [0, 0.05) is 23.4 Å². The zero-order valence-electron chi connectivity index (χ0n) is 12.8. The highest BCUT2D eigenvalue weighted by Crippen LogP contribution is 2.16. The molecule has 0 aliphatic carbocycles. The van der Waals surface area contributed by atoms with Crippen LogP contribution in [0.25, 0.3) is 0 Å². The standard InChI is InChI=1S/C18H21NO3/c1-12-3-4-15(9-13(12)2)18(22)14-5-7-16(8-6-14)19-10-17(21)11-20/h3-9,17,19-21H,10-11H2,1-2H3. The van der Waals surface area contributed by atoms with Crippen molar-refractivity contribution >= 4 is 11.5 Å². The van der Waals surface area contributed by atoms with Crippen LogP contribution in [-0.2, 0) is 0 Å². The van der Waals surface area contributed by atoms with Crippen molar-refractivity contribution in [1.29, 1.82) is 0 Å². The largest absolute Gasteiger partial charge is 0.394 e. The second kappa shape index (κ2) is 7.20. The molecule has 4 heteroatoms. The molecule has 0 bridgehead atoms. The maximum atomic E-state index is 12.4. The first-order valence-corrected chi connectivity index (χ1v) is 7.26. The van der Waals surface area contributed by atoms with Crippen molar-refractivity contribution < 1.29 is 15.0 Å². The Hall–Kier alpha value is -2.17. The summed E-state index contributed by atoms with van der Waals surface area (Å²) in [5.41, 5.74) is 4.36. The molecule has 4 nitrogen and oxygen atoms in total. The lowest BCUT2D eigenvalue weighted by atomic mass is 9.99. The number of carbonyl (C=O) groups is 1. The topological polar surface area (TPSA) is 69.6 Å². The summed E-state index contributed by atoms with van der Waals surface area (Å²) in [4.78, 5) is 12.4. The lowest BCUT2D eigenvalue weighted by Crippen LogP contribution is -2.22. The summed E-state index contributed by atoms with van der Waals surface area (Å²) in [6.07, 6.45) is -0.795. The molecule has 0 radical (unpaired) electrons. The first-order valence-electron chi connectivity index (χ1n) is 7.26. The van der Waals surface area contributed by atoms with Crippen molar-refractivity contribution in [1.82, 2.24) is 0 Å². The second-order valence-electron chi connectivity index (χ2n) is 5.42. The highest BCUT2D eigenvalue weighted by atomic mass is 16.3. The van der Waals surface area contributed by atoms with Crippen LogP contribution in [0, 0.1) is 13.8 Å². The maximum Gasteiger partial charge on any atom is 0.193 e. The van der Waals surface area contributed by atoms with Crippen LogP contribution in [0.1, 0.15) is 27.0 Å². The number of ketones is 1. The molecule has 0 saturated carbocycles. The van der Waals surface area contributed by atoms with Gasteiger partial charge in [-0.2, -0.15) is 0 Å². The van der Waals surface area contributed by atoms with Crippen molar-refractivity contribution in [3.8, 4) is 0 Å². The van der Waals surface area contributed by atoms with Crippen LogP contribution < -0.4 is 5.32 Å². The van der Waals surface area contributed by atoms with E-state index in [1.165, 1.54) is 5.56 Å². The normalized spacial score (nSPS) is 12.0. The molecule has 1 unspecified atom stereocenters. The van der Waals surface area contributed by atoms with Gasteiger partial charge in [-0.1, -0.05) is 12.1 Å². The monoisotopic (exact) mass is 299 g/mol. The Morgan fingerprint density at radius 2 is 1.68 bits per heavy atom. The molecular weight excluding hydrogens is 278 g/mol. The van der Waals surface area contributed by atoms with Crippen molar-refractivity contribution in [2.24, 2.45) is 0 Å². The van der Waals surface area contributed by atoms with E-state index in [1.807, 2.05) is 32.0 Å². The minimum Gasteiger partial charge on any atom is -0.394 e. The van der Waals surface area contributed by atoms with Crippen LogP contribution in [0.2, 0.25) is 0 Å². The van der Waals surface area contributed by atoms with E-state index < -0.39 is 6.10 Å². The zero-order valence-corrected chi connectivity index (χ0v) is 12.8. The number of benzene rings is 2. The Labute approximate surface area is 130 Å². The molecule has 0 aliphatic heterocycles. The molecule has 0 heterocycles. The smallest absolute Gasteiger partial charge is 0.193 e. The Bertz CT molecular complexity index is 650. The molecule has 0 amide bonds. The highest BCUT2D eigenvalue weighted by Gasteiger charge is 2.10. The van der Waals surface area contributed by atoms with Gasteiger partial charge in [0.25, 0.3) is 0 Å². The Morgan fingerprint density at radius 3 is 2.27 bits per heavy atom. The first kappa shape index (κ1) is 16.2. The van der Waals surface area contributed by atoms with Gasteiger partial charge in [-0.25, -0.2) is 0 Å². The molecule has 2 aromatic rings. The second-order valence-corrected chi connectivity index (χ2v) is 5.42. The average Bonchev–Trinajstić information content (AvgIpc) is 2.55. The van der Waals surface area contributed by atoms with Crippen LogP contribution in [-0.4, -0.2) is 35.3 Å². The van der Waals surface area contributed by atoms with Gasteiger partial charge in [-0.15, -0.1) is 0 Å². The summed E-state index contributed by atoms with van der Waals surface area (Å²) in [5, 5.41) is 21.1. The van der Waals surface area contributed by atoms with Gasteiger partial charge in [0.15, 0.2) is 5.78 Å². The van der Waals surface area contributed by atoms with Crippen LogP contribution in [0.15, 0.2) is 42.5 Å². The Morgan fingerprint density at radius 1 is 1.05 bits per heavy atom. The number of aliphatic hydroxyl groups excluding tert-OH is 2. The zero-order chi connectivity index (χ0) is 16.1. The van der Waals surface area contributed by atoms with Gasteiger partial charge >= 0.3 is 0 Å². The van der Waals surface area contributed by atoms with E-state index in [2.05, 4.69) is 5.32 Å². The number of aliphatic hydroxyl groups is 2. The van der Waals surface area contributed by atoms with Crippen LogP contribution in [0.5, 0.6) is 0 Å². The third-order valence-corrected chi connectivity index (χ3v) is 3.67. The molecular formula is C18H21NO3. The fraction of sp³-hybridized carbons (Fsp3) is 0.278. The summed E-state index contributed by atoms with van der Waals surface area (Å²) >= 11 is 0. The molecule has 0 fully saturated rings. The average molecular weight is 299 g/mol. The van der Waals surface area contributed by atoms with E-state index in [4.69, 9.17) is 5.11 Å². The number of nitrogens with one attached hydrogen (secondary N) is 1. The summed E-state index contributed by atoms with van der Waals surface area (Å²) < 4.78 is 0. The Kier molecular flexibility index (Phi) is 5.31. The molecule has 0 saturated heterocycles. The van der Waals surface area contributed by atoms with Crippen molar-refractivity contribution in [2.45, 2.75) is 20.0 Å². The predicted molar refractivity (Wildman–Crippen MR) is 87.4 cm³/mol. The van der Waals surface area contributed by atoms with Crippen molar-refractivity contribution in [3.05, 3.63) is 64.7 Å². The fourth-order valence-electron chi connectivity index (χ4n) is 2.09. The molecule has 2 rings (SSSR count). The molecule has 3 N–H and O–H groups in total. The molecule has 2 aromatic carbocycles. The Balaban J connectivity index is 2.09. The van der Waals surface area contributed by atoms with Gasteiger partial charge in [0.2, 0.25) is 0 Å². The third-order valence-electron chi connectivity index (χ3n) is 3.67. The molecule has 22 heavy (non-hydrogen) atoms. The van der Waals surface area contributed by atoms with Gasteiger partial charge in [0.1, 0.15) is 0 Å². The van der Waals surface area contributed by atoms with Crippen LogP contribution in [0.3, 0.4) is 0 Å². The van der Waals surface area contributed by atoms with E-state index in [0.29, 0.717) is 11.1 Å². The molecule has 0 aromatic heterocycles. The molecule has 1 atom stereocenters. The highest BCUT2D eigenvalue weighted by molar-refractivity contribution is 6.09. The number of anilines is 1. The number of rotatable bonds is 6. The number of aryl methyl sites for hydroxylation is 2. The maximum absolute atomic E-state index is 12.4. The third kappa shape index (κ3) is 3.93. The number of hydrogen-bond donors (Lipinski definition) is 3. The van der Waals surface area contributed by atoms with Gasteiger partial charge in [0.05, 0.1) is 12.7 Å². The summed E-state index contributed by atoms with van der Waals surface area (Å²) in [6, 6.07) is 12.8. The number of hydrogen-bond acceptors (Lipinski definition) is 4. The lowest BCUT2D eigenvalue weighted by Gasteiger charge is -2.10. The van der Waals surface area contributed by atoms with Gasteiger partial charge in [-0.3, -0.25) is 4.79 Å². The van der Waals surface area contributed by atoms with Crippen molar-refractivity contribution in [3.63, 3.8) is 0 Å². The number of carbonyl (C=O) groups excluding carboxylic acids is 1. The van der Waals surface area contributed by atoms with E-state index in [-0.39, 0.29) is 18.9 Å². The van der Waals surface area contributed by atoms with E-state index in [1.54, 1.807) is 24.3 Å². The van der Waals surface area contributed by atoms with E-state index >= 15 is 0 Å². The van der Waals surface area contributed by atoms with Crippen LogP contribution >= 0.6 is 0 Å². The lowest BCUT2D eigenvalue weighted by molar-refractivity contribution is 0.103. The predicted octanol–water partition coefficient (Wildman–Crippen LogP) is 2.30. The van der Waals surface area contributed by atoms with Gasteiger partial charge in [-0.05, 0) is 55.3 Å². The minimum absolute atomic E-state index is 0.00922. The fourth-order valence-corrected chi connectivity index (χ4v) is 2.09. The minimum atomic E-state index is -0.795. The van der Waals surface area contributed by atoms with E-state index in [9.17, 15) is 9.90 Å². The molecule has 116 valence electrons. The summed E-state index contributed by atoms with van der Waals surface area (Å²) in [6.45, 7) is 3.99. The first-order chi connectivity index (χ1) is 10.5. The SMILES string of the molecule is Cc1ccc(C(=O)c2ccc(NCC(O)CO)cc2)cc1C. The van der Waals surface area contributed by atoms with E-state index in [0.717, 1.165) is 11.3 Å². The molecule has 0 spiro atoms.